The minimum absolute atomic E-state index is 0.550. The third kappa shape index (κ3) is 5.57. The lowest BCUT2D eigenvalue weighted by atomic mass is 10.0. The third-order valence-corrected chi connectivity index (χ3v) is 9.41. The average Bonchev–Trinajstić information content (AvgIpc) is 3.63. The van der Waals surface area contributed by atoms with Crippen LogP contribution in [0.1, 0.15) is 0 Å². The van der Waals surface area contributed by atoms with Crippen LogP contribution in [0.2, 0.25) is 0 Å². The Morgan fingerprint density at radius 2 is 1.00 bits per heavy atom. The van der Waals surface area contributed by atoms with Crippen LogP contribution in [0, 0.1) is 0 Å². The van der Waals surface area contributed by atoms with Crippen molar-refractivity contribution in [2.24, 2.45) is 0 Å². The van der Waals surface area contributed by atoms with Crippen LogP contribution in [0.5, 0.6) is 0 Å². The lowest BCUT2D eigenvalue weighted by Gasteiger charge is -2.11. The Morgan fingerprint density at radius 3 is 1.77 bits per heavy atom. The van der Waals surface area contributed by atoms with Crippen molar-refractivity contribution < 1.29 is 4.42 Å². The first kappa shape index (κ1) is 30.4. The molecule has 0 atom stereocenters. The van der Waals surface area contributed by atoms with E-state index < -0.39 is 0 Å². The van der Waals surface area contributed by atoms with Gasteiger partial charge >= 0.3 is 0 Å². The molecule has 0 bridgehead atoms. The van der Waals surface area contributed by atoms with Gasteiger partial charge in [-0.1, -0.05) is 127 Å². The zero-order chi connectivity index (χ0) is 35.1. The molecule has 0 saturated carbocycles. The molecule has 0 radical (unpaired) electrons. The molecule has 0 aliphatic heterocycles. The number of fused-ring (bicyclic) bond motifs is 4. The fourth-order valence-electron chi connectivity index (χ4n) is 6.79. The summed E-state index contributed by atoms with van der Waals surface area (Å²) in [6.07, 6.45) is 1.78. The Balaban J connectivity index is 1.06. The summed E-state index contributed by atoms with van der Waals surface area (Å²) < 4.78 is 6.37. The summed E-state index contributed by atoms with van der Waals surface area (Å²) in [7, 11) is 0. The molecule has 7 heteroatoms. The van der Waals surface area contributed by atoms with Crippen LogP contribution in [0.3, 0.4) is 0 Å². The summed E-state index contributed by atoms with van der Waals surface area (Å²) in [5, 5.41) is 2.08. The predicted octanol–water partition coefficient (Wildman–Crippen LogP) is 11.1. The molecule has 0 amide bonds. The molecular weight excluding hydrogens is 653 g/mol. The van der Waals surface area contributed by atoms with Gasteiger partial charge in [-0.3, -0.25) is 4.98 Å². The van der Waals surface area contributed by atoms with Gasteiger partial charge in [-0.2, -0.15) is 0 Å². The molecule has 0 aliphatic rings. The second kappa shape index (κ2) is 12.7. The summed E-state index contributed by atoms with van der Waals surface area (Å²) >= 11 is 0. The zero-order valence-corrected chi connectivity index (χ0v) is 28.3. The maximum atomic E-state index is 6.37. The summed E-state index contributed by atoms with van der Waals surface area (Å²) in [6, 6.07) is 54.6. The zero-order valence-electron chi connectivity index (χ0n) is 28.3. The van der Waals surface area contributed by atoms with Crippen molar-refractivity contribution in [3.63, 3.8) is 0 Å². The Morgan fingerprint density at radius 1 is 0.377 bits per heavy atom. The summed E-state index contributed by atoms with van der Waals surface area (Å²) in [4.78, 5) is 29.8. The quantitative estimate of drug-likeness (QED) is 0.173. The van der Waals surface area contributed by atoms with Crippen LogP contribution >= 0.6 is 0 Å². The molecule has 248 valence electrons. The number of para-hydroxylation sites is 2. The number of aromatic nitrogens is 6. The van der Waals surface area contributed by atoms with Gasteiger partial charge in [0, 0.05) is 33.7 Å². The van der Waals surface area contributed by atoms with Crippen LogP contribution in [0.4, 0.5) is 0 Å². The van der Waals surface area contributed by atoms with Gasteiger partial charge in [-0.05, 0) is 47.5 Å². The van der Waals surface area contributed by atoms with Crippen LogP contribution in [-0.2, 0) is 0 Å². The van der Waals surface area contributed by atoms with Crippen molar-refractivity contribution in [3.8, 4) is 67.9 Å². The van der Waals surface area contributed by atoms with Crippen molar-refractivity contribution in [2.45, 2.75) is 0 Å². The average molecular weight is 681 g/mol. The lowest BCUT2D eigenvalue weighted by molar-refractivity contribution is 0.669. The smallest absolute Gasteiger partial charge is 0.167 e. The van der Waals surface area contributed by atoms with Crippen LogP contribution in [0.25, 0.3) is 101 Å². The molecule has 10 aromatic rings. The molecule has 0 N–H and O–H groups in total. The Kier molecular flexibility index (Phi) is 7.32. The van der Waals surface area contributed by atoms with E-state index >= 15 is 0 Å². The van der Waals surface area contributed by atoms with E-state index in [4.69, 9.17) is 29.3 Å². The molecule has 4 aromatic heterocycles. The molecule has 0 fully saturated rings. The SMILES string of the molecule is c1ccc(-c2nc(-c3ccc(-c4ccc5nc(-c6ccccc6)c(-c6ccccn6)nc5c4)cc3)nc(-c3cccc4c3oc3ccccc34)n2)cc1. The van der Waals surface area contributed by atoms with Crippen LogP contribution in [-0.4, -0.2) is 29.9 Å². The van der Waals surface area contributed by atoms with Gasteiger partial charge in [-0.25, -0.2) is 24.9 Å². The van der Waals surface area contributed by atoms with Crippen molar-refractivity contribution in [3.05, 3.63) is 170 Å². The maximum absolute atomic E-state index is 6.37. The topological polar surface area (TPSA) is 90.5 Å². The second-order valence-electron chi connectivity index (χ2n) is 12.7. The van der Waals surface area contributed by atoms with E-state index in [-0.39, 0.29) is 0 Å². The molecule has 10 rings (SSSR count). The van der Waals surface area contributed by atoms with E-state index in [0.717, 1.165) is 83.4 Å². The number of benzene rings is 6. The summed E-state index contributed by atoms with van der Waals surface area (Å²) in [6.45, 7) is 0. The van der Waals surface area contributed by atoms with Gasteiger partial charge in [0.25, 0.3) is 0 Å². The Labute approximate surface area is 304 Å². The van der Waals surface area contributed by atoms with Gasteiger partial charge in [0.1, 0.15) is 16.9 Å². The van der Waals surface area contributed by atoms with Gasteiger partial charge < -0.3 is 4.42 Å². The molecule has 0 spiro atoms. The van der Waals surface area contributed by atoms with Gasteiger partial charge in [0.05, 0.1) is 28.0 Å². The van der Waals surface area contributed by atoms with E-state index in [2.05, 4.69) is 65.6 Å². The molecule has 53 heavy (non-hydrogen) atoms. The largest absolute Gasteiger partial charge is 0.455 e. The fourth-order valence-corrected chi connectivity index (χ4v) is 6.79. The highest BCUT2D eigenvalue weighted by Gasteiger charge is 2.18. The number of furan rings is 1. The van der Waals surface area contributed by atoms with E-state index in [1.807, 2.05) is 103 Å². The highest BCUT2D eigenvalue weighted by molar-refractivity contribution is 6.09. The number of hydrogen-bond acceptors (Lipinski definition) is 7. The van der Waals surface area contributed by atoms with Crippen molar-refractivity contribution in [2.75, 3.05) is 0 Å². The van der Waals surface area contributed by atoms with E-state index in [0.29, 0.717) is 17.5 Å². The van der Waals surface area contributed by atoms with Crippen LogP contribution in [0.15, 0.2) is 174 Å². The van der Waals surface area contributed by atoms with Gasteiger partial charge in [0.2, 0.25) is 0 Å². The van der Waals surface area contributed by atoms with Crippen molar-refractivity contribution >= 4 is 33.0 Å². The van der Waals surface area contributed by atoms with Gasteiger partial charge in [-0.15, -0.1) is 0 Å². The predicted molar refractivity (Wildman–Crippen MR) is 211 cm³/mol. The standard InChI is InChI=1S/C46H28N6O/c1-3-12-30(13-4-1)41-42(38-19-9-10-27-47-38)49-39-28-33(25-26-37(39)48-41)29-21-23-32(24-22-29)45-50-44(31-14-5-2-6-15-31)51-46(52-45)36-18-11-17-35-34-16-7-8-20-40(34)53-43(35)36/h1-28H. The molecule has 0 unspecified atom stereocenters. The van der Waals surface area contributed by atoms with Crippen molar-refractivity contribution in [1.29, 1.82) is 0 Å². The first-order valence-corrected chi connectivity index (χ1v) is 17.4. The third-order valence-electron chi connectivity index (χ3n) is 9.41. The molecular formula is C46H28N6O. The van der Waals surface area contributed by atoms with E-state index in [9.17, 15) is 0 Å². The number of pyridine rings is 1. The van der Waals surface area contributed by atoms with Crippen molar-refractivity contribution in [1.82, 2.24) is 29.9 Å². The maximum Gasteiger partial charge on any atom is 0.167 e. The molecule has 7 nitrogen and oxygen atoms in total. The minimum atomic E-state index is 0.550. The van der Waals surface area contributed by atoms with E-state index in [1.54, 1.807) is 6.20 Å². The minimum Gasteiger partial charge on any atom is -0.455 e. The number of rotatable bonds is 6. The second-order valence-corrected chi connectivity index (χ2v) is 12.7. The molecule has 0 aliphatic carbocycles. The first-order valence-electron chi connectivity index (χ1n) is 17.4. The highest BCUT2D eigenvalue weighted by atomic mass is 16.3. The van der Waals surface area contributed by atoms with Gasteiger partial charge in [0.15, 0.2) is 17.5 Å². The van der Waals surface area contributed by atoms with E-state index in [1.165, 1.54) is 0 Å². The fraction of sp³-hybridized carbons (Fsp3) is 0. The summed E-state index contributed by atoms with van der Waals surface area (Å²) in [5.41, 5.74) is 11.2. The highest BCUT2D eigenvalue weighted by Crippen LogP contribution is 2.36. The van der Waals surface area contributed by atoms with Crippen LogP contribution < -0.4 is 0 Å². The molecule has 6 aromatic carbocycles. The molecule has 0 saturated heterocycles. The lowest BCUT2D eigenvalue weighted by Crippen LogP contribution is -2.00. The molecule has 4 heterocycles. The first-order chi connectivity index (χ1) is 26.2. The summed E-state index contributed by atoms with van der Waals surface area (Å²) in [5.74, 6) is 1.72. The Hall–Kier alpha value is -7.38. The normalized spacial score (nSPS) is 11.4. The number of nitrogens with zero attached hydrogens (tertiary/aromatic N) is 6. The Bertz CT molecular complexity index is 2930. The monoisotopic (exact) mass is 680 g/mol. The number of hydrogen-bond donors (Lipinski definition) is 0.